The molecule has 2 N–H and O–H groups in total. The van der Waals surface area contributed by atoms with Gasteiger partial charge in [-0.3, -0.25) is 4.79 Å². The maximum absolute atomic E-state index is 11.3. The molecule has 1 aliphatic rings. The summed E-state index contributed by atoms with van der Waals surface area (Å²) in [5.41, 5.74) is 0. The number of carboxylic acid groups (broad SMARTS) is 1. The van der Waals surface area contributed by atoms with E-state index >= 15 is 0 Å². The standard InChI is InChI=1S/C10H18N2O3/c1-12(7-9(13)14)10(15)11-6-2-3-8-4-5-8/h8H,2-7H2,1H3,(H,11,15)(H,13,14). The first-order valence-electron chi connectivity index (χ1n) is 5.30. The van der Waals surface area contributed by atoms with Gasteiger partial charge in [0, 0.05) is 13.6 Å². The van der Waals surface area contributed by atoms with Crippen LogP contribution in [-0.2, 0) is 4.79 Å². The molecule has 0 aromatic heterocycles. The first-order valence-corrected chi connectivity index (χ1v) is 5.30. The molecule has 0 aromatic rings. The molecule has 0 spiro atoms. The van der Waals surface area contributed by atoms with Gasteiger partial charge in [0.25, 0.3) is 0 Å². The largest absolute Gasteiger partial charge is 0.480 e. The Morgan fingerprint density at radius 2 is 2.13 bits per heavy atom. The molecule has 0 radical (unpaired) electrons. The van der Waals surface area contributed by atoms with Gasteiger partial charge in [0.1, 0.15) is 6.54 Å². The van der Waals surface area contributed by atoms with Crippen LogP contribution in [0.15, 0.2) is 0 Å². The number of hydrogen-bond donors (Lipinski definition) is 2. The Kier molecular flexibility index (Phi) is 4.39. The van der Waals surface area contributed by atoms with Crippen LogP contribution in [-0.4, -0.2) is 42.1 Å². The molecule has 0 atom stereocenters. The molecule has 0 aromatic carbocycles. The van der Waals surface area contributed by atoms with Crippen molar-refractivity contribution in [2.24, 2.45) is 5.92 Å². The summed E-state index contributed by atoms with van der Waals surface area (Å²) in [4.78, 5) is 22.8. The Morgan fingerprint density at radius 1 is 1.47 bits per heavy atom. The van der Waals surface area contributed by atoms with Gasteiger partial charge in [0.05, 0.1) is 0 Å². The fourth-order valence-corrected chi connectivity index (χ4v) is 1.40. The lowest BCUT2D eigenvalue weighted by Crippen LogP contribution is -2.40. The normalized spacial score (nSPS) is 14.7. The number of aliphatic carboxylic acids is 1. The molecule has 1 aliphatic carbocycles. The van der Waals surface area contributed by atoms with E-state index in [-0.39, 0.29) is 12.6 Å². The van der Waals surface area contributed by atoms with Crippen LogP contribution in [0.5, 0.6) is 0 Å². The van der Waals surface area contributed by atoms with Crippen LogP contribution in [0.2, 0.25) is 0 Å². The molecule has 0 bridgehead atoms. The van der Waals surface area contributed by atoms with E-state index in [0.717, 1.165) is 12.3 Å². The van der Waals surface area contributed by atoms with Gasteiger partial charge >= 0.3 is 12.0 Å². The molecule has 5 nitrogen and oxygen atoms in total. The summed E-state index contributed by atoms with van der Waals surface area (Å²) in [7, 11) is 1.48. The van der Waals surface area contributed by atoms with E-state index in [1.165, 1.54) is 31.2 Å². The highest BCUT2D eigenvalue weighted by Gasteiger charge is 2.20. The molecular weight excluding hydrogens is 196 g/mol. The summed E-state index contributed by atoms with van der Waals surface area (Å²) in [6.07, 6.45) is 4.81. The number of nitrogens with zero attached hydrogens (tertiary/aromatic N) is 1. The number of carbonyl (C=O) groups excluding carboxylic acids is 1. The third-order valence-electron chi connectivity index (χ3n) is 2.48. The van der Waals surface area contributed by atoms with Gasteiger partial charge in [-0.2, -0.15) is 0 Å². The zero-order valence-corrected chi connectivity index (χ0v) is 9.03. The van der Waals surface area contributed by atoms with Crippen LogP contribution in [0.3, 0.4) is 0 Å². The quantitative estimate of drug-likeness (QED) is 0.645. The van der Waals surface area contributed by atoms with Gasteiger partial charge in [-0.05, 0) is 18.8 Å². The molecule has 15 heavy (non-hydrogen) atoms. The second-order valence-corrected chi connectivity index (χ2v) is 4.07. The topological polar surface area (TPSA) is 69.6 Å². The molecule has 1 rings (SSSR count). The minimum atomic E-state index is -0.995. The highest BCUT2D eigenvalue weighted by Crippen LogP contribution is 2.33. The SMILES string of the molecule is CN(CC(=O)O)C(=O)NCCCC1CC1. The van der Waals surface area contributed by atoms with E-state index in [0.29, 0.717) is 6.54 Å². The Labute approximate surface area is 89.4 Å². The van der Waals surface area contributed by atoms with Crippen molar-refractivity contribution in [3.8, 4) is 0 Å². The minimum Gasteiger partial charge on any atom is -0.480 e. The summed E-state index contributed by atoms with van der Waals surface area (Å²) in [6.45, 7) is 0.383. The molecule has 2 amide bonds. The highest BCUT2D eigenvalue weighted by molar-refractivity contribution is 5.79. The lowest BCUT2D eigenvalue weighted by Gasteiger charge is -2.15. The zero-order chi connectivity index (χ0) is 11.3. The number of rotatable bonds is 6. The second kappa shape index (κ2) is 5.58. The molecular formula is C10H18N2O3. The third kappa shape index (κ3) is 5.24. The molecule has 0 aliphatic heterocycles. The molecule has 0 unspecified atom stereocenters. The Morgan fingerprint density at radius 3 is 2.67 bits per heavy atom. The predicted molar refractivity (Wildman–Crippen MR) is 55.6 cm³/mol. The van der Waals surface area contributed by atoms with E-state index < -0.39 is 5.97 Å². The number of urea groups is 1. The van der Waals surface area contributed by atoms with Gasteiger partial charge in [0.2, 0.25) is 0 Å². The summed E-state index contributed by atoms with van der Waals surface area (Å²) in [5.74, 6) is -0.121. The average molecular weight is 214 g/mol. The van der Waals surface area contributed by atoms with Crippen molar-refractivity contribution >= 4 is 12.0 Å². The van der Waals surface area contributed by atoms with Crippen LogP contribution < -0.4 is 5.32 Å². The fourth-order valence-electron chi connectivity index (χ4n) is 1.40. The zero-order valence-electron chi connectivity index (χ0n) is 9.03. The van der Waals surface area contributed by atoms with Gasteiger partial charge in [-0.25, -0.2) is 4.79 Å². The molecule has 1 saturated carbocycles. The molecule has 1 fully saturated rings. The number of carboxylic acids is 1. The number of likely N-dealkylation sites (N-methyl/N-ethyl adjacent to an activating group) is 1. The lowest BCUT2D eigenvalue weighted by molar-refractivity contribution is -0.137. The van der Waals surface area contributed by atoms with Crippen molar-refractivity contribution in [3.05, 3.63) is 0 Å². The van der Waals surface area contributed by atoms with Crippen LogP contribution in [0.4, 0.5) is 4.79 Å². The third-order valence-corrected chi connectivity index (χ3v) is 2.48. The van der Waals surface area contributed by atoms with Gasteiger partial charge < -0.3 is 15.3 Å². The van der Waals surface area contributed by atoms with Crippen LogP contribution in [0, 0.1) is 5.92 Å². The Bertz CT molecular complexity index is 239. The van der Waals surface area contributed by atoms with E-state index in [9.17, 15) is 9.59 Å². The minimum absolute atomic E-state index is 0.255. The molecule has 86 valence electrons. The van der Waals surface area contributed by atoms with E-state index in [1.807, 2.05) is 0 Å². The number of carbonyl (C=O) groups is 2. The Balaban J connectivity index is 2.02. The molecule has 5 heteroatoms. The van der Waals surface area contributed by atoms with Crippen molar-refractivity contribution in [1.29, 1.82) is 0 Å². The molecule has 0 heterocycles. The van der Waals surface area contributed by atoms with Crippen LogP contribution >= 0.6 is 0 Å². The predicted octanol–water partition coefficient (Wildman–Crippen LogP) is 0.903. The number of nitrogens with one attached hydrogen (secondary N) is 1. The van der Waals surface area contributed by atoms with Crippen molar-refractivity contribution < 1.29 is 14.7 Å². The second-order valence-electron chi connectivity index (χ2n) is 4.07. The van der Waals surface area contributed by atoms with Gasteiger partial charge in [-0.15, -0.1) is 0 Å². The monoisotopic (exact) mass is 214 g/mol. The summed E-state index contributed by atoms with van der Waals surface area (Å²) in [5, 5.41) is 11.2. The summed E-state index contributed by atoms with van der Waals surface area (Å²) in [6, 6.07) is -0.312. The first kappa shape index (κ1) is 11.8. The fraction of sp³-hybridized carbons (Fsp3) is 0.800. The van der Waals surface area contributed by atoms with E-state index in [1.54, 1.807) is 0 Å². The van der Waals surface area contributed by atoms with Gasteiger partial charge in [0.15, 0.2) is 0 Å². The van der Waals surface area contributed by atoms with Crippen LogP contribution in [0.25, 0.3) is 0 Å². The van der Waals surface area contributed by atoms with Gasteiger partial charge in [-0.1, -0.05) is 12.8 Å². The smallest absolute Gasteiger partial charge is 0.323 e. The molecule has 0 saturated heterocycles. The highest BCUT2D eigenvalue weighted by atomic mass is 16.4. The van der Waals surface area contributed by atoms with Crippen LogP contribution in [0.1, 0.15) is 25.7 Å². The van der Waals surface area contributed by atoms with Crippen molar-refractivity contribution in [1.82, 2.24) is 10.2 Å². The number of amides is 2. The summed E-state index contributed by atoms with van der Waals surface area (Å²) >= 11 is 0. The maximum Gasteiger partial charge on any atom is 0.323 e. The lowest BCUT2D eigenvalue weighted by atomic mass is 10.2. The van der Waals surface area contributed by atoms with E-state index in [4.69, 9.17) is 5.11 Å². The van der Waals surface area contributed by atoms with Crippen molar-refractivity contribution in [3.63, 3.8) is 0 Å². The van der Waals surface area contributed by atoms with Crippen molar-refractivity contribution in [2.45, 2.75) is 25.7 Å². The van der Waals surface area contributed by atoms with Crippen molar-refractivity contribution in [2.75, 3.05) is 20.1 Å². The summed E-state index contributed by atoms with van der Waals surface area (Å²) < 4.78 is 0. The Hall–Kier alpha value is -1.26. The number of hydrogen-bond acceptors (Lipinski definition) is 2. The maximum atomic E-state index is 11.3. The average Bonchev–Trinajstić information content (AvgIpc) is 2.94. The first-order chi connectivity index (χ1) is 7.09. The van der Waals surface area contributed by atoms with E-state index in [2.05, 4.69) is 5.32 Å².